The third kappa shape index (κ3) is 2.47. The molecular weight excluding hydrogens is 242 g/mol. The molecule has 0 bridgehead atoms. The van der Waals surface area contributed by atoms with Crippen LogP contribution in [0.15, 0.2) is 18.5 Å². The van der Waals surface area contributed by atoms with Crippen molar-refractivity contribution < 1.29 is 4.74 Å². The van der Waals surface area contributed by atoms with E-state index in [0.29, 0.717) is 23.3 Å². The molecule has 1 aliphatic carbocycles. The van der Waals surface area contributed by atoms with Gasteiger partial charge >= 0.3 is 0 Å². The van der Waals surface area contributed by atoms with E-state index in [1.54, 1.807) is 13.2 Å². The van der Waals surface area contributed by atoms with Crippen molar-refractivity contribution in [2.75, 3.05) is 19.5 Å². The van der Waals surface area contributed by atoms with Gasteiger partial charge in [-0.3, -0.25) is 0 Å². The molecule has 0 radical (unpaired) electrons. The number of rotatable bonds is 4. The molecule has 6 nitrogen and oxygen atoms in total. The fraction of sp³-hybridized carbons (Fsp3) is 0.385. The molecule has 0 aliphatic heterocycles. The van der Waals surface area contributed by atoms with E-state index in [-0.39, 0.29) is 0 Å². The number of methoxy groups -OCH3 is 1. The van der Waals surface area contributed by atoms with Gasteiger partial charge in [-0.05, 0) is 12.8 Å². The Kier molecular flexibility index (Phi) is 2.98. The summed E-state index contributed by atoms with van der Waals surface area (Å²) >= 11 is 0. The van der Waals surface area contributed by atoms with Crippen molar-refractivity contribution in [3.63, 3.8) is 0 Å². The van der Waals surface area contributed by atoms with Crippen LogP contribution in [0.1, 0.15) is 24.5 Å². The van der Waals surface area contributed by atoms with Gasteiger partial charge in [0.1, 0.15) is 17.8 Å². The van der Waals surface area contributed by atoms with Gasteiger partial charge in [0.05, 0.1) is 7.11 Å². The number of aromatic nitrogens is 4. The second-order valence-corrected chi connectivity index (χ2v) is 4.47. The van der Waals surface area contributed by atoms with Crippen LogP contribution in [-0.4, -0.2) is 34.1 Å². The molecule has 2 aromatic heterocycles. The molecule has 0 spiro atoms. The summed E-state index contributed by atoms with van der Waals surface area (Å²) in [5.41, 5.74) is 1.75. The highest BCUT2D eigenvalue weighted by atomic mass is 16.5. The monoisotopic (exact) mass is 257 g/mol. The molecule has 1 fully saturated rings. The minimum Gasteiger partial charge on any atom is -0.481 e. The van der Waals surface area contributed by atoms with Crippen LogP contribution < -0.4 is 10.1 Å². The first-order chi connectivity index (χ1) is 9.30. The molecule has 2 heterocycles. The second-order valence-electron chi connectivity index (χ2n) is 4.47. The molecule has 0 atom stereocenters. The SMILES string of the molecule is CNc1cc(C2CC2)nc(-c2cc(OC)ncn2)n1. The molecule has 1 aliphatic rings. The van der Waals surface area contributed by atoms with Gasteiger partial charge in [0.2, 0.25) is 5.88 Å². The molecule has 19 heavy (non-hydrogen) atoms. The third-order valence-corrected chi connectivity index (χ3v) is 3.08. The Labute approximate surface area is 111 Å². The maximum atomic E-state index is 5.10. The van der Waals surface area contributed by atoms with Crippen LogP contribution >= 0.6 is 0 Å². The summed E-state index contributed by atoms with van der Waals surface area (Å²) in [6, 6.07) is 3.74. The van der Waals surface area contributed by atoms with Crippen molar-refractivity contribution in [3.05, 3.63) is 24.2 Å². The van der Waals surface area contributed by atoms with Gasteiger partial charge in [-0.1, -0.05) is 0 Å². The molecule has 2 aromatic rings. The smallest absolute Gasteiger partial charge is 0.216 e. The van der Waals surface area contributed by atoms with E-state index in [4.69, 9.17) is 4.74 Å². The Bertz CT molecular complexity index is 597. The molecular formula is C13H15N5O. The van der Waals surface area contributed by atoms with Crippen LogP contribution in [0.2, 0.25) is 0 Å². The molecule has 3 rings (SSSR count). The van der Waals surface area contributed by atoms with E-state index in [1.807, 2.05) is 13.1 Å². The first-order valence-corrected chi connectivity index (χ1v) is 6.23. The second kappa shape index (κ2) is 4.79. The number of hydrogen-bond donors (Lipinski definition) is 1. The number of hydrogen-bond acceptors (Lipinski definition) is 6. The van der Waals surface area contributed by atoms with Gasteiger partial charge in [-0.25, -0.2) is 19.9 Å². The van der Waals surface area contributed by atoms with Crippen LogP contribution in [0.25, 0.3) is 11.5 Å². The Morgan fingerprint density at radius 2 is 2.05 bits per heavy atom. The van der Waals surface area contributed by atoms with Gasteiger partial charge in [-0.2, -0.15) is 0 Å². The first-order valence-electron chi connectivity index (χ1n) is 6.23. The lowest BCUT2D eigenvalue weighted by molar-refractivity contribution is 0.397. The Hall–Kier alpha value is -2.24. The lowest BCUT2D eigenvalue weighted by atomic mass is 10.2. The zero-order valence-corrected chi connectivity index (χ0v) is 10.9. The van der Waals surface area contributed by atoms with Crippen LogP contribution in [0.3, 0.4) is 0 Å². The summed E-state index contributed by atoms with van der Waals surface area (Å²) in [5.74, 6) is 2.49. The standard InChI is InChI=1S/C13H15N5O/c1-14-11-5-9(8-3-4-8)17-13(18-11)10-6-12(19-2)16-7-15-10/h5-8H,3-4H2,1-2H3,(H,14,17,18). The van der Waals surface area contributed by atoms with Gasteiger partial charge in [0, 0.05) is 30.8 Å². The quantitative estimate of drug-likeness (QED) is 0.901. The molecule has 98 valence electrons. The van der Waals surface area contributed by atoms with Crippen molar-refractivity contribution in [1.82, 2.24) is 19.9 Å². The molecule has 0 unspecified atom stereocenters. The van der Waals surface area contributed by atoms with E-state index in [0.717, 1.165) is 11.5 Å². The average molecular weight is 257 g/mol. The fourth-order valence-corrected chi connectivity index (χ4v) is 1.87. The molecule has 1 N–H and O–H groups in total. The van der Waals surface area contributed by atoms with Crippen molar-refractivity contribution >= 4 is 5.82 Å². The molecule has 0 saturated heterocycles. The van der Waals surface area contributed by atoms with Crippen LogP contribution in [0.5, 0.6) is 5.88 Å². The van der Waals surface area contributed by atoms with E-state index in [2.05, 4.69) is 25.3 Å². The Morgan fingerprint density at radius 1 is 1.21 bits per heavy atom. The third-order valence-electron chi connectivity index (χ3n) is 3.08. The van der Waals surface area contributed by atoms with Crippen LogP contribution in [-0.2, 0) is 0 Å². The number of anilines is 1. The minimum absolute atomic E-state index is 0.511. The number of nitrogens with zero attached hydrogens (tertiary/aromatic N) is 4. The summed E-state index contributed by atoms with van der Waals surface area (Å²) in [6.45, 7) is 0. The van der Waals surface area contributed by atoms with Crippen molar-refractivity contribution in [3.8, 4) is 17.4 Å². The lowest BCUT2D eigenvalue weighted by Gasteiger charge is -2.07. The molecule has 1 saturated carbocycles. The lowest BCUT2D eigenvalue weighted by Crippen LogP contribution is -2.01. The van der Waals surface area contributed by atoms with Crippen molar-refractivity contribution in [2.24, 2.45) is 0 Å². The van der Waals surface area contributed by atoms with E-state index in [1.165, 1.54) is 19.2 Å². The molecule has 6 heteroatoms. The zero-order chi connectivity index (χ0) is 13.2. The minimum atomic E-state index is 0.511. The van der Waals surface area contributed by atoms with Crippen LogP contribution in [0.4, 0.5) is 5.82 Å². The van der Waals surface area contributed by atoms with Crippen molar-refractivity contribution in [2.45, 2.75) is 18.8 Å². The Morgan fingerprint density at radius 3 is 2.74 bits per heavy atom. The van der Waals surface area contributed by atoms with E-state index >= 15 is 0 Å². The van der Waals surface area contributed by atoms with Gasteiger partial charge < -0.3 is 10.1 Å². The van der Waals surface area contributed by atoms with E-state index < -0.39 is 0 Å². The van der Waals surface area contributed by atoms with E-state index in [9.17, 15) is 0 Å². The van der Waals surface area contributed by atoms with Crippen LogP contribution in [0, 0.1) is 0 Å². The Balaban J connectivity index is 2.04. The van der Waals surface area contributed by atoms with Gasteiger partial charge in [-0.15, -0.1) is 0 Å². The molecule has 0 aromatic carbocycles. The predicted octanol–water partition coefficient (Wildman–Crippen LogP) is 1.86. The maximum Gasteiger partial charge on any atom is 0.216 e. The first kappa shape index (κ1) is 11.8. The molecule has 0 amide bonds. The number of ether oxygens (including phenoxy) is 1. The normalized spacial score (nSPS) is 14.2. The summed E-state index contributed by atoms with van der Waals surface area (Å²) in [6.07, 6.45) is 3.86. The summed E-state index contributed by atoms with van der Waals surface area (Å²) in [5, 5.41) is 3.06. The van der Waals surface area contributed by atoms with Gasteiger partial charge in [0.25, 0.3) is 0 Å². The highest BCUT2D eigenvalue weighted by Gasteiger charge is 2.26. The van der Waals surface area contributed by atoms with Crippen molar-refractivity contribution in [1.29, 1.82) is 0 Å². The highest BCUT2D eigenvalue weighted by molar-refractivity contribution is 5.54. The maximum absolute atomic E-state index is 5.10. The summed E-state index contributed by atoms with van der Waals surface area (Å²) in [4.78, 5) is 17.2. The summed E-state index contributed by atoms with van der Waals surface area (Å²) < 4.78 is 5.10. The zero-order valence-electron chi connectivity index (χ0n) is 10.9. The predicted molar refractivity (Wildman–Crippen MR) is 71.1 cm³/mol. The fourth-order valence-electron chi connectivity index (χ4n) is 1.87. The largest absolute Gasteiger partial charge is 0.481 e. The highest BCUT2D eigenvalue weighted by Crippen LogP contribution is 2.40. The topological polar surface area (TPSA) is 72.8 Å². The van der Waals surface area contributed by atoms with Gasteiger partial charge in [0.15, 0.2) is 5.82 Å². The number of nitrogens with one attached hydrogen (secondary N) is 1. The average Bonchev–Trinajstić information content (AvgIpc) is 3.31. The summed E-state index contributed by atoms with van der Waals surface area (Å²) in [7, 11) is 3.43.